The van der Waals surface area contributed by atoms with E-state index in [4.69, 9.17) is 0 Å². The normalized spacial score (nSPS) is 12.8. The number of halogens is 1. The van der Waals surface area contributed by atoms with Crippen LogP contribution in [0.4, 0.5) is 0 Å². The summed E-state index contributed by atoms with van der Waals surface area (Å²) in [5.74, 6) is 0. The number of rotatable bonds is 8. The molecule has 0 radical (unpaired) electrons. The van der Waals surface area contributed by atoms with Crippen LogP contribution < -0.4 is 4.70 Å². The van der Waals surface area contributed by atoms with Crippen molar-refractivity contribution in [1.29, 1.82) is 0 Å². The van der Waals surface area contributed by atoms with Gasteiger partial charge in [0.1, 0.15) is 0 Å². The molecule has 0 aliphatic carbocycles. The molecule has 0 bridgehead atoms. The van der Waals surface area contributed by atoms with Crippen molar-refractivity contribution in [2.24, 2.45) is 0 Å². The maximum Gasteiger partial charge on any atom is -1.00 e. The number of benzene rings is 2. The van der Waals surface area contributed by atoms with E-state index in [1.54, 1.807) is 0 Å². The molecule has 0 aliphatic rings. The third kappa shape index (κ3) is 7.49. The molecule has 0 N–H and O–H groups in total. The van der Waals surface area contributed by atoms with Gasteiger partial charge >= 0.3 is 142 Å². The minimum atomic E-state index is -0.457. The van der Waals surface area contributed by atoms with Crippen molar-refractivity contribution in [3.05, 3.63) is 71.8 Å². The van der Waals surface area contributed by atoms with E-state index in [1.165, 1.54) is 36.8 Å². The molecule has 2 rings (SSSR count). The van der Waals surface area contributed by atoms with E-state index in [-0.39, 0.29) is 4.70 Å². The molecule has 0 saturated carbocycles. The first-order valence-electron chi connectivity index (χ1n) is 8.17. The van der Waals surface area contributed by atoms with Crippen LogP contribution in [0.3, 0.4) is 0 Å². The second-order valence-corrected chi connectivity index (χ2v) is 13.8. The molecule has 2 aromatic carbocycles. The largest absolute Gasteiger partial charge is 1.00 e. The van der Waals surface area contributed by atoms with E-state index < -0.39 is 22.9 Å². The van der Waals surface area contributed by atoms with E-state index in [0.717, 1.165) is 7.35 Å². The van der Waals surface area contributed by atoms with Crippen LogP contribution in [0.25, 0.3) is 0 Å². The zero-order valence-corrected chi connectivity index (χ0v) is 17.0. The summed E-state index contributed by atoms with van der Waals surface area (Å²) in [5.41, 5.74) is 3.01. The predicted molar refractivity (Wildman–Crippen MR) is 94.1 cm³/mol. The van der Waals surface area contributed by atoms with Crippen molar-refractivity contribution in [2.75, 3.05) is 0 Å². The van der Waals surface area contributed by atoms with Gasteiger partial charge in [0.25, 0.3) is 0 Å². The van der Waals surface area contributed by atoms with Crippen LogP contribution in [0.15, 0.2) is 60.7 Å². The smallest absolute Gasteiger partial charge is 1.00 e. The number of aryl methyl sites for hydroxylation is 2. The van der Waals surface area contributed by atoms with Crippen molar-refractivity contribution < 1.29 is 4.70 Å². The van der Waals surface area contributed by atoms with Gasteiger partial charge in [-0.3, -0.25) is 0 Å². The predicted octanol–water partition coefficient (Wildman–Crippen LogP) is 2.58. The minimum absolute atomic E-state index is 0. The van der Waals surface area contributed by atoms with Crippen molar-refractivity contribution in [2.45, 2.75) is 46.9 Å². The standard InChI is InChI=1S/2C10H13.FH.In/c2*1-2-3-7-10-8-5-4-6-9-10;;/h2*2,4-6,8-9H,3,7H2,1H3;1H;/q;;;+1/p-1. The molecule has 0 fully saturated rings. The van der Waals surface area contributed by atoms with Gasteiger partial charge in [-0.15, -0.1) is 0 Å². The third-order valence-corrected chi connectivity index (χ3v) is 9.77. The van der Waals surface area contributed by atoms with Crippen molar-refractivity contribution in [3.8, 4) is 0 Å². The molecule has 2 atom stereocenters. The Balaban J connectivity index is 0.00000242. The summed E-state index contributed by atoms with van der Waals surface area (Å²) in [7, 11) is 0. The summed E-state index contributed by atoms with van der Waals surface area (Å²) in [6.45, 7) is 4.98. The van der Waals surface area contributed by atoms with Gasteiger partial charge in [0.15, 0.2) is 0 Å². The van der Waals surface area contributed by atoms with Gasteiger partial charge in [0.2, 0.25) is 0 Å². The average Bonchev–Trinajstić information content (AvgIpc) is 2.53. The SMILES string of the molecule is C[CH](CCc1ccccc1)[In+][CH](C)CCc1ccccc1.[F-]. The minimum Gasteiger partial charge on any atom is -1.00 e. The summed E-state index contributed by atoms with van der Waals surface area (Å²) in [6.07, 6.45) is 5.31. The Morgan fingerprint density at radius 1 is 0.682 bits per heavy atom. The Hall–Kier alpha value is -0.760. The molecule has 0 aliphatic heterocycles. The van der Waals surface area contributed by atoms with Gasteiger partial charge in [0, 0.05) is 0 Å². The summed E-state index contributed by atoms with van der Waals surface area (Å²) in [6, 6.07) is 21.9. The van der Waals surface area contributed by atoms with Gasteiger partial charge in [-0.2, -0.15) is 0 Å². The van der Waals surface area contributed by atoms with Gasteiger partial charge < -0.3 is 4.70 Å². The average molecular weight is 400 g/mol. The van der Waals surface area contributed by atoms with E-state index in [0.29, 0.717) is 0 Å². The first-order chi connectivity index (χ1) is 10.2. The molecule has 0 spiro atoms. The fraction of sp³-hybridized carbons (Fsp3) is 0.400. The van der Waals surface area contributed by atoms with Crippen LogP contribution in [-0.4, -0.2) is 22.9 Å². The molecule has 22 heavy (non-hydrogen) atoms. The van der Waals surface area contributed by atoms with E-state index in [2.05, 4.69) is 74.5 Å². The van der Waals surface area contributed by atoms with Crippen molar-refractivity contribution in [1.82, 2.24) is 0 Å². The first-order valence-corrected chi connectivity index (χ1v) is 12.0. The number of hydrogen-bond donors (Lipinski definition) is 0. The molecule has 0 nitrogen and oxygen atoms in total. The van der Waals surface area contributed by atoms with Crippen LogP contribution in [0, 0.1) is 0 Å². The molecule has 2 heteroatoms. The fourth-order valence-corrected chi connectivity index (χ4v) is 8.08. The quantitative estimate of drug-likeness (QED) is 0.639. The Morgan fingerprint density at radius 2 is 1.05 bits per heavy atom. The van der Waals surface area contributed by atoms with Gasteiger partial charge in [-0.05, 0) is 0 Å². The van der Waals surface area contributed by atoms with Gasteiger partial charge in [0.05, 0.1) is 0 Å². The van der Waals surface area contributed by atoms with Gasteiger partial charge in [-0.1, -0.05) is 0 Å². The summed E-state index contributed by atoms with van der Waals surface area (Å²) in [5, 5.41) is 0. The van der Waals surface area contributed by atoms with E-state index in [1.807, 2.05) is 0 Å². The Bertz CT molecular complexity index is 450. The van der Waals surface area contributed by atoms with E-state index >= 15 is 0 Å². The van der Waals surface area contributed by atoms with Crippen molar-refractivity contribution >= 4 is 22.9 Å². The topological polar surface area (TPSA) is 0 Å². The monoisotopic (exact) mass is 400 g/mol. The van der Waals surface area contributed by atoms with Crippen LogP contribution in [0.2, 0.25) is 7.35 Å². The molecule has 0 amide bonds. The van der Waals surface area contributed by atoms with Crippen LogP contribution >= 0.6 is 0 Å². The second kappa shape index (κ2) is 10.9. The molecular weight excluding hydrogens is 374 g/mol. The van der Waals surface area contributed by atoms with Crippen LogP contribution in [-0.2, 0) is 12.8 Å². The molecule has 116 valence electrons. The first kappa shape index (κ1) is 19.3. The van der Waals surface area contributed by atoms with E-state index in [9.17, 15) is 0 Å². The van der Waals surface area contributed by atoms with Crippen LogP contribution in [0.1, 0.15) is 37.8 Å². The maximum absolute atomic E-state index is 2.49. The third-order valence-electron chi connectivity index (χ3n) is 4.12. The Kier molecular flexibility index (Phi) is 9.54. The molecule has 2 aromatic rings. The summed E-state index contributed by atoms with van der Waals surface area (Å²) in [4.78, 5) is 0. The molecule has 2 unspecified atom stereocenters. The molecule has 0 saturated heterocycles. The maximum atomic E-state index is 2.49. The molecular formula is C20H26FIn. The zero-order chi connectivity index (χ0) is 14.9. The van der Waals surface area contributed by atoms with Crippen molar-refractivity contribution in [3.63, 3.8) is 0 Å². The molecule has 0 heterocycles. The zero-order valence-electron chi connectivity index (χ0n) is 13.7. The van der Waals surface area contributed by atoms with Crippen LogP contribution in [0.5, 0.6) is 0 Å². The Morgan fingerprint density at radius 3 is 1.41 bits per heavy atom. The fourth-order valence-electron chi connectivity index (χ4n) is 2.83. The summed E-state index contributed by atoms with van der Waals surface area (Å²) < 4.78 is 2.01. The number of hydrogen-bond acceptors (Lipinski definition) is 0. The Labute approximate surface area is 146 Å². The summed E-state index contributed by atoms with van der Waals surface area (Å²) >= 11 is -0.457. The molecule has 0 aromatic heterocycles. The van der Waals surface area contributed by atoms with Gasteiger partial charge in [-0.25, -0.2) is 0 Å². The second-order valence-electron chi connectivity index (χ2n) is 6.20.